The van der Waals surface area contributed by atoms with E-state index < -0.39 is 0 Å². The predicted molar refractivity (Wildman–Crippen MR) is 74.7 cm³/mol. The first-order chi connectivity index (χ1) is 9.09. The minimum Gasteiger partial charge on any atom is -0.352 e. The van der Waals surface area contributed by atoms with E-state index in [1.54, 1.807) is 18.5 Å². The quantitative estimate of drug-likeness (QED) is 0.905. The number of nitrogens with zero attached hydrogens (tertiary/aromatic N) is 1. The van der Waals surface area contributed by atoms with Crippen molar-refractivity contribution in [3.05, 3.63) is 30.1 Å². The highest BCUT2D eigenvalue weighted by Crippen LogP contribution is 2.61. The number of amides is 1. The van der Waals surface area contributed by atoms with Crippen LogP contribution in [0.4, 0.5) is 0 Å². The molecule has 1 aromatic rings. The fourth-order valence-corrected chi connectivity index (χ4v) is 4.03. The van der Waals surface area contributed by atoms with Crippen LogP contribution in [0.5, 0.6) is 0 Å². The molecule has 3 aliphatic carbocycles. The number of nitrogens with one attached hydrogen (secondary N) is 1. The van der Waals surface area contributed by atoms with Gasteiger partial charge in [-0.05, 0) is 54.6 Å². The summed E-state index contributed by atoms with van der Waals surface area (Å²) in [6.45, 7) is 5.59. The molecule has 0 radical (unpaired) electrons. The normalized spacial score (nSPS) is 31.4. The fourth-order valence-electron chi connectivity index (χ4n) is 4.03. The molecule has 1 N–H and O–H groups in total. The third kappa shape index (κ3) is 2.15. The van der Waals surface area contributed by atoms with Gasteiger partial charge in [-0.25, -0.2) is 0 Å². The number of aromatic nitrogens is 1. The molecule has 2 bridgehead atoms. The van der Waals surface area contributed by atoms with Gasteiger partial charge < -0.3 is 5.32 Å². The van der Waals surface area contributed by atoms with Crippen LogP contribution in [-0.2, 0) is 0 Å². The molecule has 102 valence electrons. The second kappa shape index (κ2) is 4.62. The molecule has 0 aromatic carbocycles. The maximum absolute atomic E-state index is 12.0. The largest absolute Gasteiger partial charge is 0.352 e. The summed E-state index contributed by atoms with van der Waals surface area (Å²) in [5.41, 5.74) is 1.14. The van der Waals surface area contributed by atoms with E-state index in [1.807, 2.05) is 6.07 Å². The Morgan fingerprint density at radius 1 is 1.47 bits per heavy atom. The Morgan fingerprint density at radius 3 is 2.95 bits per heavy atom. The van der Waals surface area contributed by atoms with Crippen LogP contribution < -0.4 is 5.32 Å². The van der Waals surface area contributed by atoms with Gasteiger partial charge in [0.25, 0.3) is 5.91 Å². The molecule has 0 spiro atoms. The van der Waals surface area contributed by atoms with Crippen LogP contribution in [0.25, 0.3) is 0 Å². The van der Waals surface area contributed by atoms with Crippen molar-refractivity contribution in [1.82, 2.24) is 10.3 Å². The molecule has 0 unspecified atom stereocenters. The van der Waals surface area contributed by atoms with Crippen molar-refractivity contribution >= 4 is 5.91 Å². The third-order valence-electron chi connectivity index (χ3n) is 5.45. The summed E-state index contributed by atoms with van der Waals surface area (Å²) < 4.78 is 0. The molecular weight excluding hydrogens is 236 g/mol. The molecule has 3 saturated carbocycles. The first-order valence-corrected chi connectivity index (χ1v) is 7.27. The first-order valence-electron chi connectivity index (χ1n) is 7.27. The molecule has 19 heavy (non-hydrogen) atoms. The van der Waals surface area contributed by atoms with Gasteiger partial charge >= 0.3 is 0 Å². The van der Waals surface area contributed by atoms with E-state index in [9.17, 15) is 4.79 Å². The van der Waals surface area contributed by atoms with Gasteiger partial charge in [-0.3, -0.25) is 9.78 Å². The standard InChI is InChI=1S/C16H22N2O/c1-16(2)13-6-5-11(14(16)8-13)10-18-15(19)12-4-3-7-17-9-12/h3-4,7,9,11,13-14H,5-6,8,10H2,1-2H3,(H,18,19)/t11-,13-,14-/m0/s1. The van der Waals surface area contributed by atoms with Crippen LogP contribution in [0, 0.1) is 23.2 Å². The summed E-state index contributed by atoms with van der Waals surface area (Å²) in [6.07, 6.45) is 7.28. The van der Waals surface area contributed by atoms with Gasteiger partial charge in [-0.2, -0.15) is 0 Å². The van der Waals surface area contributed by atoms with Crippen molar-refractivity contribution in [2.75, 3.05) is 6.54 Å². The van der Waals surface area contributed by atoms with Crippen LogP contribution in [-0.4, -0.2) is 17.4 Å². The smallest absolute Gasteiger partial charge is 0.252 e. The van der Waals surface area contributed by atoms with Crippen molar-refractivity contribution in [3.8, 4) is 0 Å². The lowest BCUT2D eigenvalue weighted by molar-refractivity contribution is -0.103. The Hall–Kier alpha value is -1.38. The topological polar surface area (TPSA) is 42.0 Å². The van der Waals surface area contributed by atoms with E-state index in [2.05, 4.69) is 24.1 Å². The number of pyridine rings is 1. The van der Waals surface area contributed by atoms with E-state index in [4.69, 9.17) is 0 Å². The Bertz CT molecular complexity index is 467. The lowest BCUT2D eigenvalue weighted by Gasteiger charge is -2.60. The van der Waals surface area contributed by atoms with Crippen molar-refractivity contribution < 1.29 is 4.79 Å². The van der Waals surface area contributed by atoms with Gasteiger partial charge in [0, 0.05) is 18.9 Å². The average molecular weight is 258 g/mol. The molecule has 1 aromatic heterocycles. The van der Waals surface area contributed by atoms with Crippen LogP contribution in [0.15, 0.2) is 24.5 Å². The van der Waals surface area contributed by atoms with Crippen LogP contribution in [0.1, 0.15) is 43.5 Å². The van der Waals surface area contributed by atoms with Crippen LogP contribution >= 0.6 is 0 Å². The summed E-state index contributed by atoms with van der Waals surface area (Å²) in [4.78, 5) is 16.0. The number of carbonyl (C=O) groups is 1. The predicted octanol–water partition coefficient (Wildman–Crippen LogP) is 2.88. The van der Waals surface area contributed by atoms with Gasteiger partial charge in [0.15, 0.2) is 0 Å². The van der Waals surface area contributed by atoms with Gasteiger partial charge in [0.2, 0.25) is 0 Å². The first kappa shape index (κ1) is 12.6. The van der Waals surface area contributed by atoms with E-state index in [0.29, 0.717) is 16.9 Å². The highest BCUT2D eigenvalue weighted by atomic mass is 16.1. The maximum atomic E-state index is 12.0. The summed E-state index contributed by atoms with van der Waals surface area (Å²) in [7, 11) is 0. The molecule has 3 aliphatic rings. The van der Waals surface area contributed by atoms with E-state index in [-0.39, 0.29) is 5.91 Å². The van der Waals surface area contributed by atoms with Crippen molar-refractivity contribution in [1.29, 1.82) is 0 Å². The lowest BCUT2D eigenvalue weighted by Crippen LogP contribution is -2.54. The SMILES string of the molecule is CC1(C)[C@H]2CC[C@@H](CNC(=O)c3cccnc3)[C@@H]1C2. The Labute approximate surface area is 114 Å². The Balaban J connectivity index is 1.57. The molecule has 1 amide bonds. The molecule has 3 atom stereocenters. The highest BCUT2D eigenvalue weighted by molar-refractivity contribution is 5.93. The van der Waals surface area contributed by atoms with E-state index in [1.165, 1.54) is 19.3 Å². The summed E-state index contributed by atoms with van der Waals surface area (Å²) in [6, 6.07) is 3.61. The number of carbonyl (C=O) groups excluding carboxylic acids is 1. The molecular formula is C16H22N2O. The number of hydrogen-bond acceptors (Lipinski definition) is 2. The number of hydrogen-bond donors (Lipinski definition) is 1. The van der Waals surface area contributed by atoms with Gasteiger partial charge in [-0.15, -0.1) is 0 Å². The summed E-state index contributed by atoms with van der Waals surface area (Å²) in [5.74, 6) is 2.37. The third-order valence-corrected chi connectivity index (χ3v) is 5.45. The Kier molecular flexibility index (Phi) is 3.08. The van der Waals surface area contributed by atoms with Crippen LogP contribution in [0.2, 0.25) is 0 Å². The second-order valence-electron chi connectivity index (χ2n) is 6.65. The molecule has 0 aliphatic heterocycles. The number of rotatable bonds is 3. The van der Waals surface area contributed by atoms with Crippen molar-refractivity contribution in [2.45, 2.75) is 33.1 Å². The average Bonchev–Trinajstić information content (AvgIpc) is 2.45. The zero-order valence-corrected chi connectivity index (χ0v) is 11.7. The maximum Gasteiger partial charge on any atom is 0.252 e. The molecule has 3 fully saturated rings. The van der Waals surface area contributed by atoms with E-state index in [0.717, 1.165) is 18.4 Å². The minimum absolute atomic E-state index is 0.00681. The summed E-state index contributed by atoms with van der Waals surface area (Å²) in [5, 5.41) is 3.08. The zero-order chi connectivity index (χ0) is 13.5. The lowest BCUT2D eigenvalue weighted by atomic mass is 9.45. The zero-order valence-electron chi connectivity index (χ0n) is 11.7. The molecule has 3 heteroatoms. The minimum atomic E-state index is 0.00681. The Morgan fingerprint density at radius 2 is 2.32 bits per heavy atom. The number of fused-ring (bicyclic) bond motifs is 2. The van der Waals surface area contributed by atoms with E-state index >= 15 is 0 Å². The van der Waals surface area contributed by atoms with Crippen molar-refractivity contribution in [2.24, 2.45) is 23.2 Å². The van der Waals surface area contributed by atoms with Gasteiger partial charge in [0.1, 0.15) is 0 Å². The summed E-state index contributed by atoms with van der Waals surface area (Å²) >= 11 is 0. The van der Waals surface area contributed by atoms with Crippen molar-refractivity contribution in [3.63, 3.8) is 0 Å². The monoisotopic (exact) mass is 258 g/mol. The van der Waals surface area contributed by atoms with Crippen LogP contribution in [0.3, 0.4) is 0 Å². The highest BCUT2D eigenvalue weighted by Gasteiger charge is 2.53. The molecule has 0 saturated heterocycles. The van der Waals surface area contributed by atoms with Gasteiger partial charge in [0.05, 0.1) is 5.56 Å². The fraction of sp³-hybridized carbons (Fsp3) is 0.625. The second-order valence-corrected chi connectivity index (χ2v) is 6.65. The van der Waals surface area contributed by atoms with Gasteiger partial charge in [-0.1, -0.05) is 13.8 Å². The molecule has 3 nitrogen and oxygen atoms in total. The molecule has 1 heterocycles. The molecule has 4 rings (SSSR count).